The van der Waals surface area contributed by atoms with Gasteiger partial charge in [-0.3, -0.25) is 4.90 Å². The molecule has 4 saturated heterocycles. The molecule has 2 N–H and O–H groups in total. The van der Waals surface area contributed by atoms with E-state index in [0.29, 0.717) is 58.6 Å². The number of anilines is 1. The lowest BCUT2D eigenvalue weighted by atomic mass is 9.95. The number of fused-ring (bicyclic) bond motifs is 5. The quantitative estimate of drug-likeness (QED) is 0.267. The number of hydrogen-bond donors (Lipinski definition) is 2. The lowest BCUT2D eigenvalue weighted by Crippen LogP contribution is -2.51. The smallest absolute Gasteiger partial charge is 0.319 e. The van der Waals surface area contributed by atoms with E-state index in [1.165, 1.54) is 6.07 Å². The molecule has 4 aliphatic rings. The number of halogens is 3. The highest BCUT2D eigenvalue weighted by Gasteiger charge is 2.49. The van der Waals surface area contributed by atoms with Gasteiger partial charge in [0.15, 0.2) is 5.82 Å². The zero-order valence-corrected chi connectivity index (χ0v) is 25.8. The fourth-order valence-corrected chi connectivity index (χ4v) is 8.27. The van der Waals surface area contributed by atoms with E-state index in [-0.39, 0.29) is 54.1 Å². The van der Waals surface area contributed by atoms with Gasteiger partial charge in [0.05, 0.1) is 12.1 Å². The van der Waals surface area contributed by atoms with Crippen LogP contribution < -0.4 is 19.7 Å². The lowest BCUT2D eigenvalue weighted by Gasteiger charge is -2.35. The number of aromatic hydroxyl groups is 1. The minimum absolute atomic E-state index is 0.00782. The fraction of sp³-hybridized carbons (Fsp3) is 0.485. The van der Waals surface area contributed by atoms with Crippen molar-refractivity contribution in [3.8, 4) is 28.9 Å². The summed E-state index contributed by atoms with van der Waals surface area (Å²) in [6.07, 6.45) is 3.41. The van der Waals surface area contributed by atoms with Gasteiger partial charge in [-0.05, 0) is 62.7 Å². The van der Waals surface area contributed by atoms with Crippen molar-refractivity contribution in [3.05, 3.63) is 41.2 Å². The van der Waals surface area contributed by atoms with Crippen LogP contribution in [0.25, 0.3) is 32.9 Å². The molecule has 0 amide bonds. The topological polar surface area (TPSA) is 95.9 Å². The third-order valence-corrected chi connectivity index (χ3v) is 10.2. The van der Waals surface area contributed by atoms with Crippen molar-refractivity contribution in [1.29, 1.82) is 0 Å². The Balaban J connectivity index is 1.31. The largest absolute Gasteiger partial charge is 0.508 e. The molecule has 9 nitrogen and oxygen atoms in total. The summed E-state index contributed by atoms with van der Waals surface area (Å²) in [4.78, 5) is 18.6. The molecule has 2 bridgehead atoms. The van der Waals surface area contributed by atoms with Crippen LogP contribution in [0.2, 0.25) is 5.02 Å². The summed E-state index contributed by atoms with van der Waals surface area (Å²) in [5, 5.41) is 16.2. The van der Waals surface area contributed by atoms with Gasteiger partial charge in [-0.15, -0.1) is 0 Å². The molecule has 4 aromatic rings. The van der Waals surface area contributed by atoms with Gasteiger partial charge in [0, 0.05) is 54.1 Å². The maximum absolute atomic E-state index is 17.0. The highest BCUT2D eigenvalue weighted by Crippen LogP contribution is 2.44. The minimum atomic E-state index is -0.901. The average molecular weight is 637 g/mol. The van der Waals surface area contributed by atoms with E-state index < -0.39 is 17.5 Å². The molecule has 4 aliphatic heterocycles. The molecule has 2 aromatic heterocycles. The maximum atomic E-state index is 17.0. The monoisotopic (exact) mass is 636 g/mol. The summed E-state index contributed by atoms with van der Waals surface area (Å²) in [5.74, 6) is -0.0521. The molecule has 8 rings (SSSR count). The summed E-state index contributed by atoms with van der Waals surface area (Å²) >= 11 is 6.63. The van der Waals surface area contributed by atoms with E-state index in [2.05, 4.69) is 20.1 Å². The average Bonchev–Trinajstić information content (AvgIpc) is 3.67. The Morgan fingerprint density at radius 2 is 1.91 bits per heavy atom. The number of rotatable bonds is 7. The van der Waals surface area contributed by atoms with Crippen molar-refractivity contribution >= 4 is 39.1 Å². The van der Waals surface area contributed by atoms with Crippen LogP contribution in [0, 0.1) is 5.82 Å². The van der Waals surface area contributed by atoms with Crippen LogP contribution in [0.4, 0.5) is 14.6 Å². The molecule has 0 saturated carbocycles. The predicted molar refractivity (Wildman–Crippen MR) is 169 cm³/mol. The van der Waals surface area contributed by atoms with Gasteiger partial charge in [0.2, 0.25) is 5.88 Å². The summed E-state index contributed by atoms with van der Waals surface area (Å²) < 4.78 is 43.9. The number of piperazine rings is 1. The first kappa shape index (κ1) is 28.9. The molecule has 2 aromatic carbocycles. The molecule has 6 heterocycles. The molecule has 0 unspecified atom stereocenters. The van der Waals surface area contributed by atoms with Gasteiger partial charge in [-0.2, -0.15) is 9.97 Å². The summed E-state index contributed by atoms with van der Waals surface area (Å²) in [5.41, 5.74) is -0.137. The molecule has 4 atom stereocenters. The first-order valence-electron chi connectivity index (χ1n) is 15.8. The summed E-state index contributed by atoms with van der Waals surface area (Å²) in [6.45, 7) is 4.94. The zero-order valence-electron chi connectivity index (χ0n) is 25.0. The van der Waals surface area contributed by atoms with Gasteiger partial charge < -0.3 is 24.8 Å². The number of hydrogen-bond acceptors (Lipinski definition) is 9. The number of nitrogens with one attached hydrogen (secondary N) is 1. The molecule has 45 heavy (non-hydrogen) atoms. The third kappa shape index (κ3) is 4.90. The van der Waals surface area contributed by atoms with Crippen LogP contribution in [0.15, 0.2) is 30.3 Å². The van der Waals surface area contributed by atoms with E-state index in [1.54, 1.807) is 24.3 Å². The number of phenolic OH excluding ortho intramolecular Hbond substituents is 1. The first-order chi connectivity index (χ1) is 21.8. The number of benzene rings is 2. The van der Waals surface area contributed by atoms with Crippen molar-refractivity contribution in [2.45, 2.75) is 62.8 Å². The molecule has 0 aliphatic carbocycles. The Kier molecular flexibility index (Phi) is 7.11. The predicted octanol–water partition coefficient (Wildman–Crippen LogP) is 5.64. The van der Waals surface area contributed by atoms with Crippen LogP contribution in [-0.2, 0) is 0 Å². The molecular weight excluding hydrogens is 602 g/mol. The molecular formula is C33H35ClF2N6O3. The minimum Gasteiger partial charge on any atom is -0.508 e. The highest BCUT2D eigenvalue weighted by molar-refractivity contribution is 6.36. The second kappa shape index (κ2) is 11.1. The van der Waals surface area contributed by atoms with Crippen molar-refractivity contribution < 1.29 is 23.4 Å². The van der Waals surface area contributed by atoms with Gasteiger partial charge in [-0.1, -0.05) is 23.7 Å². The molecule has 12 heteroatoms. The van der Waals surface area contributed by atoms with Gasteiger partial charge in [-0.25, -0.2) is 13.8 Å². The summed E-state index contributed by atoms with van der Waals surface area (Å²) in [6, 6.07) is 8.93. The van der Waals surface area contributed by atoms with E-state index in [1.807, 2.05) is 6.92 Å². The number of ether oxygens (including phenoxy) is 2. The standard InChI is InChI=1S/C33H35ClF2N6O3/c1-2-44-31-26-29(27(36)28(38-31)23-12-22(43)11-18-5-3-6-24(34)25(18)23)39-32(40-30(26)41-15-20-7-8-21(16-41)37-20)45-17-33-9-4-10-42(33)14-19(35)13-33/h3,5-6,11-12,19-21,37,43H,2,4,7-10,13-17H2,1H3/t19-,20-,21+,33+/m1/s1. The van der Waals surface area contributed by atoms with Gasteiger partial charge >= 0.3 is 6.01 Å². The number of phenols is 1. The molecule has 236 valence electrons. The molecule has 4 fully saturated rings. The van der Waals surface area contributed by atoms with E-state index >= 15 is 4.39 Å². The zero-order chi connectivity index (χ0) is 30.9. The number of alkyl halides is 1. The van der Waals surface area contributed by atoms with Crippen molar-refractivity contribution in [2.75, 3.05) is 44.3 Å². The highest BCUT2D eigenvalue weighted by atomic mass is 35.5. The second-order valence-electron chi connectivity index (χ2n) is 12.8. The van der Waals surface area contributed by atoms with E-state index in [9.17, 15) is 9.50 Å². The lowest BCUT2D eigenvalue weighted by molar-refractivity contribution is 0.107. The molecule has 0 radical (unpaired) electrons. The Morgan fingerprint density at radius 1 is 1.09 bits per heavy atom. The van der Waals surface area contributed by atoms with Crippen LogP contribution in [0.3, 0.4) is 0 Å². The summed E-state index contributed by atoms with van der Waals surface area (Å²) in [7, 11) is 0. The van der Waals surface area contributed by atoms with E-state index in [0.717, 1.165) is 32.2 Å². The fourth-order valence-electron chi connectivity index (χ4n) is 7.99. The van der Waals surface area contributed by atoms with Gasteiger partial charge in [0.25, 0.3) is 0 Å². The Morgan fingerprint density at radius 3 is 2.71 bits per heavy atom. The van der Waals surface area contributed by atoms with Crippen LogP contribution in [0.1, 0.15) is 39.0 Å². The van der Waals surface area contributed by atoms with Crippen LogP contribution >= 0.6 is 11.6 Å². The van der Waals surface area contributed by atoms with Crippen LogP contribution in [0.5, 0.6) is 17.6 Å². The van der Waals surface area contributed by atoms with Crippen molar-refractivity contribution in [2.24, 2.45) is 0 Å². The number of nitrogens with zero attached hydrogens (tertiary/aromatic N) is 5. The van der Waals surface area contributed by atoms with Gasteiger partial charge in [0.1, 0.15) is 40.9 Å². The first-order valence-corrected chi connectivity index (χ1v) is 16.2. The maximum Gasteiger partial charge on any atom is 0.319 e. The number of pyridine rings is 1. The van der Waals surface area contributed by atoms with Crippen LogP contribution in [-0.4, -0.2) is 88.1 Å². The third-order valence-electron chi connectivity index (χ3n) is 9.91. The van der Waals surface area contributed by atoms with E-state index in [4.69, 9.17) is 31.0 Å². The number of aromatic nitrogens is 3. The SMILES string of the molecule is CCOc1nc(-c2cc(O)cc3cccc(Cl)c23)c(F)c2nc(OC[C@@]34CCCN3C[C@H](F)C4)nc(N3C[C@H]4CC[C@@H](C3)N4)c12. The Bertz CT molecular complexity index is 1800. The van der Waals surface area contributed by atoms with Crippen molar-refractivity contribution in [1.82, 2.24) is 25.2 Å². The Labute approximate surface area is 264 Å². The van der Waals surface area contributed by atoms with Crippen molar-refractivity contribution in [3.63, 3.8) is 0 Å². The normalized spacial score (nSPS) is 26.2. The second-order valence-corrected chi connectivity index (χ2v) is 13.2. The molecule has 0 spiro atoms. The Hall–Kier alpha value is -3.54.